The van der Waals surface area contributed by atoms with Gasteiger partial charge < -0.3 is 18.8 Å². The first kappa shape index (κ1) is 16.0. The van der Waals surface area contributed by atoms with Crippen LogP contribution in [0.15, 0.2) is 28.9 Å². The number of hydrogen-bond donors (Lipinski definition) is 0. The Bertz CT molecular complexity index is 785. The number of nitrogens with zero attached hydrogens (tertiary/aromatic N) is 2. The van der Waals surface area contributed by atoms with Crippen LogP contribution in [0.2, 0.25) is 0 Å². The molecule has 1 amide bonds. The summed E-state index contributed by atoms with van der Waals surface area (Å²) >= 11 is 0. The third-order valence-corrected chi connectivity index (χ3v) is 5.11. The topological polar surface area (TPSA) is 64.8 Å². The molecular formula is C19H22N2O4. The van der Waals surface area contributed by atoms with Gasteiger partial charge in [-0.3, -0.25) is 4.79 Å². The lowest BCUT2D eigenvalue weighted by atomic mass is 10.1. The molecule has 6 nitrogen and oxygen atoms in total. The van der Waals surface area contributed by atoms with Crippen molar-refractivity contribution in [2.75, 3.05) is 13.7 Å². The molecule has 1 saturated heterocycles. The van der Waals surface area contributed by atoms with Crippen LogP contribution < -0.4 is 9.47 Å². The molecule has 0 unspecified atom stereocenters. The lowest BCUT2D eigenvalue weighted by Crippen LogP contribution is -2.37. The van der Waals surface area contributed by atoms with E-state index < -0.39 is 0 Å². The van der Waals surface area contributed by atoms with Crippen LogP contribution in [0.4, 0.5) is 0 Å². The molecule has 2 aromatic rings. The largest absolute Gasteiger partial charge is 0.493 e. The number of benzene rings is 1. The molecule has 2 bridgehead atoms. The highest BCUT2D eigenvalue weighted by molar-refractivity contribution is 5.92. The zero-order valence-electron chi connectivity index (χ0n) is 14.5. The van der Waals surface area contributed by atoms with E-state index >= 15 is 0 Å². The van der Waals surface area contributed by atoms with E-state index in [0.29, 0.717) is 35.0 Å². The van der Waals surface area contributed by atoms with Crippen LogP contribution in [-0.4, -0.2) is 35.5 Å². The number of carbonyl (C=O) groups excluding carboxylic acids is 1. The number of aromatic nitrogens is 1. The van der Waals surface area contributed by atoms with E-state index in [1.54, 1.807) is 7.11 Å². The Labute approximate surface area is 146 Å². The van der Waals surface area contributed by atoms with E-state index in [2.05, 4.69) is 4.98 Å². The van der Waals surface area contributed by atoms with Gasteiger partial charge in [0.05, 0.1) is 7.11 Å². The van der Waals surface area contributed by atoms with Gasteiger partial charge in [-0.1, -0.05) is 6.07 Å². The van der Waals surface area contributed by atoms with Crippen molar-refractivity contribution in [3.63, 3.8) is 0 Å². The Kier molecular flexibility index (Phi) is 4.11. The maximum Gasteiger partial charge on any atom is 0.276 e. The number of methoxy groups -OCH3 is 1. The predicted molar refractivity (Wildman–Crippen MR) is 90.7 cm³/mol. The molecule has 0 radical (unpaired) electrons. The van der Waals surface area contributed by atoms with Gasteiger partial charge >= 0.3 is 0 Å². The number of hydrogen-bond acceptors (Lipinski definition) is 5. The maximum atomic E-state index is 12.6. The number of rotatable bonds is 5. The number of likely N-dealkylation sites (tertiary alicyclic amines) is 1. The number of carbonyl (C=O) groups is 1. The van der Waals surface area contributed by atoms with Crippen molar-refractivity contribution in [3.8, 4) is 11.5 Å². The van der Waals surface area contributed by atoms with Crippen molar-refractivity contribution in [1.29, 1.82) is 0 Å². The van der Waals surface area contributed by atoms with Crippen LogP contribution in [0.25, 0.3) is 0 Å². The quantitative estimate of drug-likeness (QED) is 0.835. The smallest absolute Gasteiger partial charge is 0.276 e. The van der Waals surface area contributed by atoms with Crippen molar-refractivity contribution in [1.82, 2.24) is 9.88 Å². The zero-order chi connectivity index (χ0) is 17.4. The van der Waals surface area contributed by atoms with Crippen molar-refractivity contribution in [2.24, 2.45) is 5.92 Å². The van der Waals surface area contributed by atoms with Crippen molar-refractivity contribution >= 4 is 5.91 Å². The predicted octanol–water partition coefficient (Wildman–Crippen LogP) is 3.20. The van der Waals surface area contributed by atoms with E-state index in [4.69, 9.17) is 13.9 Å². The Morgan fingerprint density at radius 1 is 1.36 bits per heavy atom. The SMILES string of the molecule is COc1cc(C)ccc1OCc1nc(C(=O)N2C[C@H]3CC[C@H]2C3)co1. The van der Waals surface area contributed by atoms with Gasteiger partial charge in [0.1, 0.15) is 6.26 Å². The van der Waals surface area contributed by atoms with Gasteiger partial charge in [-0.15, -0.1) is 0 Å². The van der Waals surface area contributed by atoms with E-state index in [9.17, 15) is 4.79 Å². The summed E-state index contributed by atoms with van der Waals surface area (Å²) in [4.78, 5) is 18.9. The number of aryl methyl sites for hydroxylation is 1. The normalized spacial score (nSPS) is 21.6. The van der Waals surface area contributed by atoms with Crippen LogP contribution in [0.3, 0.4) is 0 Å². The summed E-state index contributed by atoms with van der Waals surface area (Å²) in [6.07, 6.45) is 4.91. The minimum atomic E-state index is -0.0323. The summed E-state index contributed by atoms with van der Waals surface area (Å²) in [7, 11) is 1.60. The zero-order valence-corrected chi connectivity index (χ0v) is 14.5. The lowest BCUT2D eigenvalue weighted by molar-refractivity contribution is 0.0697. The second-order valence-electron chi connectivity index (χ2n) is 6.86. The molecular weight excluding hydrogens is 320 g/mol. The average molecular weight is 342 g/mol. The molecule has 6 heteroatoms. The highest BCUT2D eigenvalue weighted by Gasteiger charge is 2.41. The van der Waals surface area contributed by atoms with Gasteiger partial charge in [0.15, 0.2) is 23.8 Å². The number of amides is 1. The van der Waals surface area contributed by atoms with Crippen molar-refractivity contribution in [2.45, 2.75) is 38.8 Å². The minimum absolute atomic E-state index is 0.0323. The van der Waals surface area contributed by atoms with Crippen LogP contribution in [0.1, 0.15) is 41.2 Å². The van der Waals surface area contributed by atoms with E-state index in [-0.39, 0.29) is 12.5 Å². The standard InChI is InChI=1S/C19H22N2O4/c1-12-3-6-16(17(7-12)23-2)24-11-18-20-15(10-25-18)19(22)21-9-13-4-5-14(21)8-13/h3,6-7,10,13-14H,4-5,8-9,11H2,1-2H3/t13-,14-/m0/s1. The molecule has 2 heterocycles. The minimum Gasteiger partial charge on any atom is -0.493 e. The Balaban J connectivity index is 1.41. The molecule has 2 fully saturated rings. The molecule has 2 aliphatic rings. The fourth-order valence-corrected chi connectivity index (χ4v) is 3.83. The summed E-state index contributed by atoms with van der Waals surface area (Å²) in [5, 5.41) is 0. The van der Waals surface area contributed by atoms with Crippen LogP contribution in [-0.2, 0) is 6.61 Å². The van der Waals surface area contributed by atoms with Gasteiger partial charge in [-0.2, -0.15) is 0 Å². The first-order valence-electron chi connectivity index (χ1n) is 8.67. The molecule has 1 aliphatic heterocycles. The summed E-state index contributed by atoms with van der Waals surface area (Å²) in [6, 6.07) is 6.09. The molecule has 2 atom stereocenters. The van der Waals surface area contributed by atoms with E-state index in [1.807, 2.05) is 30.0 Å². The molecule has 0 spiro atoms. The summed E-state index contributed by atoms with van der Waals surface area (Å²) in [6.45, 7) is 2.99. The molecule has 1 aromatic carbocycles. The van der Waals surface area contributed by atoms with E-state index in [0.717, 1.165) is 24.9 Å². The van der Waals surface area contributed by atoms with Gasteiger partial charge in [-0.25, -0.2) is 4.98 Å². The number of ether oxygens (including phenoxy) is 2. The van der Waals surface area contributed by atoms with Gasteiger partial charge in [-0.05, 0) is 49.8 Å². The van der Waals surface area contributed by atoms with Crippen LogP contribution in [0, 0.1) is 12.8 Å². The second-order valence-corrected chi connectivity index (χ2v) is 6.86. The van der Waals surface area contributed by atoms with Crippen molar-refractivity contribution in [3.05, 3.63) is 41.6 Å². The highest BCUT2D eigenvalue weighted by Crippen LogP contribution is 2.38. The lowest BCUT2D eigenvalue weighted by Gasteiger charge is -2.25. The Morgan fingerprint density at radius 2 is 2.24 bits per heavy atom. The van der Waals surface area contributed by atoms with Gasteiger partial charge in [0.25, 0.3) is 5.91 Å². The molecule has 4 rings (SSSR count). The molecule has 1 saturated carbocycles. The highest BCUT2D eigenvalue weighted by atomic mass is 16.5. The average Bonchev–Trinajstić information content (AvgIpc) is 3.36. The number of piperidine rings is 1. The third kappa shape index (κ3) is 3.08. The molecule has 25 heavy (non-hydrogen) atoms. The second kappa shape index (κ2) is 6.43. The Hall–Kier alpha value is -2.50. The Morgan fingerprint density at radius 3 is 2.96 bits per heavy atom. The van der Waals surface area contributed by atoms with Gasteiger partial charge in [0, 0.05) is 12.6 Å². The number of fused-ring (bicyclic) bond motifs is 2. The fraction of sp³-hybridized carbons (Fsp3) is 0.474. The molecule has 1 aromatic heterocycles. The van der Waals surface area contributed by atoms with Crippen LogP contribution in [0.5, 0.6) is 11.5 Å². The third-order valence-electron chi connectivity index (χ3n) is 5.11. The first-order chi connectivity index (χ1) is 12.1. The maximum absolute atomic E-state index is 12.6. The van der Waals surface area contributed by atoms with Gasteiger partial charge in [0.2, 0.25) is 5.89 Å². The summed E-state index contributed by atoms with van der Waals surface area (Å²) in [5.41, 5.74) is 1.45. The monoisotopic (exact) mass is 342 g/mol. The molecule has 0 N–H and O–H groups in total. The van der Waals surface area contributed by atoms with Crippen LogP contribution >= 0.6 is 0 Å². The summed E-state index contributed by atoms with van der Waals surface area (Å²) < 4.78 is 16.5. The summed E-state index contributed by atoms with van der Waals surface area (Å²) in [5.74, 6) is 2.30. The molecule has 1 aliphatic carbocycles. The number of oxazole rings is 1. The molecule has 132 valence electrons. The van der Waals surface area contributed by atoms with E-state index in [1.165, 1.54) is 12.7 Å². The fourth-order valence-electron chi connectivity index (χ4n) is 3.83. The first-order valence-corrected chi connectivity index (χ1v) is 8.67. The van der Waals surface area contributed by atoms with Crippen molar-refractivity contribution < 1.29 is 18.7 Å².